The molecule has 0 aliphatic carbocycles. The highest BCUT2D eigenvalue weighted by Gasteiger charge is 2.30. The Morgan fingerprint density at radius 3 is 2.00 bits per heavy atom. The number of aliphatic hydroxyl groups is 1. The van der Waals surface area contributed by atoms with Crippen molar-refractivity contribution in [1.82, 2.24) is 25.9 Å². The van der Waals surface area contributed by atoms with Crippen LogP contribution in [0.4, 0.5) is 9.59 Å². The van der Waals surface area contributed by atoms with E-state index in [1.807, 2.05) is 88.4 Å². The van der Waals surface area contributed by atoms with Crippen LogP contribution in [0.5, 0.6) is 0 Å². The lowest BCUT2D eigenvalue weighted by molar-refractivity contribution is -0.125. The van der Waals surface area contributed by atoms with Gasteiger partial charge in [-0.15, -0.1) is 0 Å². The number of oxazole rings is 1. The molecule has 2 aromatic carbocycles. The summed E-state index contributed by atoms with van der Waals surface area (Å²) >= 11 is 0. The van der Waals surface area contributed by atoms with Crippen LogP contribution in [0.15, 0.2) is 95.9 Å². The zero-order valence-electron chi connectivity index (χ0n) is 29.0. The number of benzene rings is 2. The topological polar surface area (TPSA) is 165 Å². The summed E-state index contributed by atoms with van der Waals surface area (Å²) in [5.74, 6) is -0.0916. The molecule has 4 rings (SSSR count). The quantitative estimate of drug-likeness (QED) is 0.113. The Morgan fingerprint density at radius 2 is 1.40 bits per heavy atom. The van der Waals surface area contributed by atoms with Crippen LogP contribution in [0, 0.1) is 5.92 Å². The van der Waals surface area contributed by atoms with Gasteiger partial charge >= 0.3 is 12.2 Å². The molecule has 12 nitrogen and oxygen atoms in total. The lowest BCUT2D eigenvalue weighted by atomic mass is 9.93. The average Bonchev–Trinajstić information content (AvgIpc) is 3.59. The van der Waals surface area contributed by atoms with Gasteiger partial charge in [-0.1, -0.05) is 94.4 Å². The maximum absolute atomic E-state index is 13.7. The highest BCUT2D eigenvalue weighted by atomic mass is 16.6. The van der Waals surface area contributed by atoms with Crippen LogP contribution in [0.2, 0.25) is 0 Å². The first-order valence-corrected chi connectivity index (χ1v) is 16.8. The van der Waals surface area contributed by atoms with Crippen LogP contribution in [-0.2, 0) is 40.3 Å². The predicted molar refractivity (Wildman–Crippen MR) is 187 cm³/mol. The number of rotatable bonds is 17. The molecule has 2 aromatic heterocycles. The van der Waals surface area contributed by atoms with Crippen molar-refractivity contribution < 1.29 is 33.4 Å². The summed E-state index contributed by atoms with van der Waals surface area (Å²) in [4.78, 5) is 47.8. The lowest BCUT2D eigenvalue weighted by Crippen LogP contribution is -2.54. The molecule has 0 bridgehead atoms. The fraction of sp³-hybridized carbons (Fsp3) is 0.395. The molecule has 1 unspecified atom stereocenters. The monoisotopic (exact) mass is 685 g/mol. The molecule has 50 heavy (non-hydrogen) atoms. The molecule has 0 fully saturated rings. The van der Waals surface area contributed by atoms with E-state index in [1.165, 1.54) is 6.26 Å². The van der Waals surface area contributed by atoms with Crippen molar-refractivity contribution in [2.24, 2.45) is 5.92 Å². The second-order valence-electron chi connectivity index (χ2n) is 12.9. The van der Waals surface area contributed by atoms with Crippen molar-refractivity contribution in [2.75, 3.05) is 0 Å². The first-order valence-electron chi connectivity index (χ1n) is 16.8. The van der Waals surface area contributed by atoms with Gasteiger partial charge in [0.1, 0.15) is 31.2 Å². The van der Waals surface area contributed by atoms with Gasteiger partial charge in [0.05, 0.1) is 12.1 Å². The van der Waals surface area contributed by atoms with Gasteiger partial charge < -0.3 is 34.9 Å². The Bertz CT molecular complexity index is 1620. The Hall–Kier alpha value is -5.23. The first kappa shape index (κ1) is 37.6. The number of aromatic nitrogens is 2. The third-order valence-corrected chi connectivity index (χ3v) is 7.99. The highest BCUT2D eigenvalue weighted by Crippen LogP contribution is 2.16. The molecule has 0 saturated carbocycles. The minimum absolute atomic E-state index is 0.0180. The molecule has 0 radical (unpaired) electrons. The van der Waals surface area contributed by atoms with Gasteiger partial charge in [0.2, 0.25) is 5.91 Å². The van der Waals surface area contributed by atoms with Gasteiger partial charge in [-0.2, -0.15) is 0 Å². The molecular weight excluding hydrogens is 638 g/mol. The molecule has 0 spiro atoms. The number of hydrogen-bond donors (Lipinski definition) is 4. The van der Waals surface area contributed by atoms with Gasteiger partial charge in [-0.3, -0.25) is 9.78 Å². The van der Waals surface area contributed by atoms with E-state index in [9.17, 15) is 19.5 Å². The van der Waals surface area contributed by atoms with E-state index in [2.05, 4.69) is 25.9 Å². The molecule has 12 heteroatoms. The summed E-state index contributed by atoms with van der Waals surface area (Å²) in [6, 6.07) is 20.4. The van der Waals surface area contributed by atoms with Crippen LogP contribution < -0.4 is 16.0 Å². The number of hydrogen-bond acceptors (Lipinski definition) is 9. The molecular formula is C38H47N5O7. The van der Waals surface area contributed by atoms with Crippen molar-refractivity contribution in [1.29, 1.82) is 0 Å². The van der Waals surface area contributed by atoms with Crippen molar-refractivity contribution in [3.63, 3.8) is 0 Å². The lowest BCUT2D eigenvalue weighted by Gasteiger charge is -2.30. The summed E-state index contributed by atoms with van der Waals surface area (Å²) in [6.07, 6.45) is 2.96. The third kappa shape index (κ3) is 12.3. The Labute approximate surface area is 293 Å². The van der Waals surface area contributed by atoms with E-state index >= 15 is 0 Å². The molecule has 0 aliphatic rings. The van der Waals surface area contributed by atoms with Crippen LogP contribution in [0.1, 0.15) is 68.3 Å². The van der Waals surface area contributed by atoms with Crippen molar-refractivity contribution >= 4 is 18.1 Å². The number of pyridine rings is 1. The number of carbonyl (C=O) groups is 3. The number of aliphatic hydroxyl groups excluding tert-OH is 1. The summed E-state index contributed by atoms with van der Waals surface area (Å²) in [5.41, 5.74) is 3.03. The van der Waals surface area contributed by atoms with E-state index in [0.29, 0.717) is 24.4 Å². The molecule has 2 heterocycles. The Kier molecular flexibility index (Phi) is 14.3. The molecule has 4 atom stereocenters. The number of nitrogens with one attached hydrogen (secondary N) is 3. The van der Waals surface area contributed by atoms with Crippen LogP contribution in [0.3, 0.4) is 0 Å². The Balaban J connectivity index is 1.45. The number of amides is 3. The smallest absolute Gasteiger partial charge is 0.408 e. The minimum atomic E-state index is -1.08. The van der Waals surface area contributed by atoms with Crippen LogP contribution >= 0.6 is 0 Å². The number of carbonyl (C=O) groups excluding carboxylic acids is 3. The second-order valence-corrected chi connectivity index (χ2v) is 12.9. The maximum Gasteiger partial charge on any atom is 0.408 e. The first-order chi connectivity index (χ1) is 24.1. The van der Waals surface area contributed by atoms with E-state index in [-0.39, 0.29) is 31.5 Å². The van der Waals surface area contributed by atoms with Crippen molar-refractivity contribution in [3.05, 3.63) is 120 Å². The van der Waals surface area contributed by atoms with Gasteiger partial charge in [0.15, 0.2) is 5.89 Å². The molecule has 266 valence electrons. The van der Waals surface area contributed by atoms with Gasteiger partial charge in [-0.05, 0) is 42.4 Å². The van der Waals surface area contributed by atoms with E-state index in [4.69, 9.17) is 13.9 Å². The van der Waals surface area contributed by atoms with E-state index in [1.54, 1.807) is 24.5 Å². The SMILES string of the molecule is CC(C)c1nc(COC(=O)NC(C(=O)N[C@@H](Cc2ccccc2)C[C@H](O)[C@H](Cc2ccccc2)NC(=O)OCc2cccnc2)C(C)C)co1. The molecule has 4 N–H and O–H groups in total. The maximum atomic E-state index is 13.7. The van der Waals surface area contributed by atoms with Gasteiger partial charge in [-0.25, -0.2) is 14.6 Å². The standard InChI is InChI=1S/C38H47N5O7/c1-25(2)34(43-38(47)50-24-31-23-48-36(41-31)26(3)4)35(45)40-30(18-27-12-7-5-8-13-27)20-33(44)32(19-28-14-9-6-10-15-28)42-37(46)49-22-29-16-11-17-39-21-29/h5-17,21,23,25-26,30,32-34,44H,18-20,22,24H2,1-4H3,(H,40,45)(H,42,46)(H,43,47)/t30-,32-,33-,34?/m0/s1. The fourth-order valence-electron chi connectivity index (χ4n) is 5.31. The number of ether oxygens (including phenoxy) is 2. The van der Waals surface area contributed by atoms with Gasteiger partial charge in [0, 0.05) is 29.9 Å². The number of alkyl carbamates (subject to hydrolysis) is 2. The van der Waals surface area contributed by atoms with Crippen LogP contribution in [-0.4, -0.2) is 57.4 Å². The zero-order valence-corrected chi connectivity index (χ0v) is 29.0. The molecule has 0 aliphatic heterocycles. The molecule has 4 aromatic rings. The van der Waals surface area contributed by atoms with E-state index < -0.39 is 42.3 Å². The fourth-order valence-corrected chi connectivity index (χ4v) is 5.31. The average molecular weight is 686 g/mol. The van der Waals surface area contributed by atoms with Crippen molar-refractivity contribution in [2.45, 2.75) is 90.3 Å². The largest absolute Gasteiger partial charge is 0.448 e. The highest BCUT2D eigenvalue weighted by molar-refractivity contribution is 5.86. The molecule has 3 amide bonds. The molecule has 0 saturated heterocycles. The normalized spacial score (nSPS) is 13.6. The predicted octanol–water partition coefficient (Wildman–Crippen LogP) is 5.46. The van der Waals surface area contributed by atoms with Gasteiger partial charge in [0.25, 0.3) is 0 Å². The van der Waals surface area contributed by atoms with E-state index in [0.717, 1.165) is 16.7 Å². The number of nitrogens with zero attached hydrogens (tertiary/aromatic N) is 2. The van der Waals surface area contributed by atoms with Crippen LogP contribution in [0.25, 0.3) is 0 Å². The third-order valence-electron chi connectivity index (χ3n) is 7.99. The summed E-state index contributed by atoms with van der Waals surface area (Å²) in [7, 11) is 0. The summed E-state index contributed by atoms with van der Waals surface area (Å²) in [5, 5.41) is 20.2. The van der Waals surface area contributed by atoms with Crippen molar-refractivity contribution in [3.8, 4) is 0 Å². The summed E-state index contributed by atoms with van der Waals surface area (Å²) in [6.45, 7) is 7.42. The Morgan fingerprint density at radius 1 is 0.780 bits per heavy atom. The second kappa shape index (κ2) is 19.1. The zero-order chi connectivity index (χ0) is 35.9. The minimum Gasteiger partial charge on any atom is -0.448 e. The summed E-state index contributed by atoms with van der Waals surface area (Å²) < 4.78 is 16.2.